The van der Waals surface area contributed by atoms with Gasteiger partial charge in [0.05, 0.1) is 29.8 Å². The lowest BCUT2D eigenvalue weighted by Crippen LogP contribution is -2.44. The number of benzene rings is 3. The quantitative estimate of drug-likeness (QED) is 0.393. The van der Waals surface area contributed by atoms with Crippen LogP contribution in [0.2, 0.25) is 10.0 Å². The minimum atomic E-state index is -0.922. The number of Topliss-reactive ketones (excluding diaryl/α,β-unsaturated/α-hetero) is 1. The van der Waals surface area contributed by atoms with Crippen molar-refractivity contribution >= 4 is 52.7 Å². The smallest absolute Gasteiger partial charge is 0.240 e. The van der Waals surface area contributed by atoms with Crippen LogP contribution in [0.4, 0.5) is 5.69 Å². The van der Waals surface area contributed by atoms with Crippen molar-refractivity contribution in [3.8, 4) is 0 Å². The van der Waals surface area contributed by atoms with E-state index in [1.807, 2.05) is 24.3 Å². The van der Waals surface area contributed by atoms with E-state index in [4.69, 9.17) is 23.2 Å². The van der Waals surface area contributed by atoms with Crippen LogP contribution in [0.1, 0.15) is 27.5 Å². The first-order valence-corrected chi connectivity index (χ1v) is 11.6. The fourth-order valence-corrected chi connectivity index (χ4v) is 5.55. The number of halogens is 2. The maximum Gasteiger partial charge on any atom is 0.240 e. The third-order valence-electron chi connectivity index (χ3n) is 6.78. The Balaban J connectivity index is 1.49. The fourth-order valence-electron chi connectivity index (χ4n) is 5.30. The Morgan fingerprint density at radius 1 is 0.794 bits per heavy atom. The molecule has 2 fully saturated rings. The second-order valence-electron chi connectivity index (χ2n) is 8.55. The number of ketones is 1. The van der Waals surface area contributed by atoms with E-state index >= 15 is 0 Å². The summed E-state index contributed by atoms with van der Waals surface area (Å²) in [6, 6.07) is 19.2. The van der Waals surface area contributed by atoms with Crippen molar-refractivity contribution in [2.45, 2.75) is 12.1 Å². The normalized spacial score (nSPS) is 24.8. The van der Waals surface area contributed by atoms with E-state index in [9.17, 15) is 14.4 Å². The number of carbonyl (C=O) groups is 3. The summed E-state index contributed by atoms with van der Waals surface area (Å²) in [6.45, 7) is 0. The van der Waals surface area contributed by atoms with Crippen LogP contribution in [0.15, 0.2) is 77.9 Å². The lowest BCUT2D eigenvalue weighted by Gasteiger charge is -2.33. The van der Waals surface area contributed by atoms with Gasteiger partial charge in [0, 0.05) is 15.6 Å². The molecule has 3 heterocycles. The van der Waals surface area contributed by atoms with Crippen LogP contribution in [0, 0.1) is 11.8 Å². The lowest BCUT2D eigenvalue weighted by atomic mass is 9.83. The number of hydrogen-bond donors (Lipinski definition) is 0. The average Bonchev–Trinajstić information content (AvgIpc) is 3.32. The lowest BCUT2D eigenvalue weighted by molar-refractivity contribution is -0.124. The molecule has 3 aromatic rings. The molecule has 0 aliphatic carbocycles. The maximum absolute atomic E-state index is 13.8. The van der Waals surface area contributed by atoms with E-state index in [-0.39, 0.29) is 11.7 Å². The highest BCUT2D eigenvalue weighted by Crippen LogP contribution is 2.53. The van der Waals surface area contributed by atoms with Crippen molar-refractivity contribution in [1.82, 2.24) is 5.01 Å². The molecular weight excluding hydrogens is 473 g/mol. The Labute approximate surface area is 205 Å². The first-order valence-electron chi connectivity index (χ1n) is 10.8. The van der Waals surface area contributed by atoms with Crippen LogP contribution in [0.3, 0.4) is 0 Å². The van der Waals surface area contributed by atoms with Gasteiger partial charge in [-0.3, -0.25) is 19.4 Å². The molecule has 0 bridgehead atoms. The van der Waals surface area contributed by atoms with E-state index in [1.54, 1.807) is 59.8 Å². The van der Waals surface area contributed by atoms with Crippen LogP contribution >= 0.6 is 23.2 Å². The van der Waals surface area contributed by atoms with E-state index < -0.39 is 29.8 Å². The van der Waals surface area contributed by atoms with Gasteiger partial charge in [-0.25, -0.2) is 4.90 Å². The summed E-state index contributed by atoms with van der Waals surface area (Å²) in [7, 11) is 0. The van der Waals surface area contributed by atoms with E-state index in [2.05, 4.69) is 5.10 Å². The summed E-state index contributed by atoms with van der Waals surface area (Å²) in [5, 5.41) is 7.21. The summed E-state index contributed by atoms with van der Waals surface area (Å²) >= 11 is 12.0. The number of carbonyl (C=O) groups excluding carboxylic acids is 3. The molecule has 6 rings (SSSR count). The molecule has 0 saturated carbocycles. The number of hydrazone groups is 1. The Bertz CT molecular complexity index is 1370. The van der Waals surface area contributed by atoms with Gasteiger partial charge in [-0.15, -0.1) is 0 Å². The predicted molar refractivity (Wildman–Crippen MR) is 129 cm³/mol. The van der Waals surface area contributed by atoms with Crippen LogP contribution in [0.5, 0.6) is 0 Å². The highest BCUT2D eigenvalue weighted by Gasteiger charge is 2.65. The number of fused-ring (bicyclic) bond motifs is 5. The second kappa shape index (κ2) is 7.79. The molecule has 3 aliphatic rings. The number of anilines is 1. The monoisotopic (exact) mass is 489 g/mol. The van der Waals surface area contributed by atoms with Crippen LogP contribution in [0.25, 0.3) is 0 Å². The summed E-state index contributed by atoms with van der Waals surface area (Å²) < 4.78 is 0. The van der Waals surface area contributed by atoms with Gasteiger partial charge in [0.1, 0.15) is 6.04 Å². The molecule has 0 radical (unpaired) electrons. The molecule has 0 N–H and O–H groups in total. The molecule has 2 amide bonds. The van der Waals surface area contributed by atoms with Gasteiger partial charge in [-0.1, -0.05) is 47.5 Å². The van der Waals surface area contributed by atoms with Gasteiger partial charge < -0.3 is 0 Å². The molecule has 168 valence electrons. The second-order valence-corrected chi connectivity index (χ2v) is 9.43. The number of amides is 2. The average molecular weight is 490 g/mol. The zero-order valence-electron chi connectivity index (χ0n) is 17.6. The first kappa shape index (κ1) is 21.1. The van der Waals surface area contributed by atoms with Crippen molar-refractivity contribution in [3.05, 3.63) is 99.5 Å². The minimum Gasteiger partial charge on any atom is -0.292 e. The largest absolute Gasteiger partial charge is 0.292 e. The van der Waals surface area contributed by atoms with E-state index in [0.717, 1.165) is 11.1 Å². The molecule has 4 atom stereocenters. The summed E-state index contributed by atoms with van der Waals surface area (Å²) in [5.74, 6) is -2.65. The molecule has 3 aromatic carbocycles. The molecule has 0 unspecified atom stereocenters. The maximum atomic E-state index is 13.8. The zero-order valence-corrected chi connectivity index (χ0v) is 19.1. The molecule has 2 saturated heterocycles. The molecule has 3 aliphatic heterocycles. The van der Waals surface area contributed by atoms with Crippen molar-refractivity contribution in [1.29, 1.82) is 0 Å². The van der Waals surface area contributed by atoms with Crippen molar-refractivity contribution < 1.29 is 14.4 Å². The summed E-state index contributed by atoms with van der Waals surface area (Å²) in [5.41, 5.74) is 2.59. The molecule has 6 nitrogen and oxygen atoms in total. The highest BCUT2D eigenvalue weighted by molar-refractivity contribution is 6.31. The zero-order chi connectivity index (χ0) is 23.6. The van der Waals surface area contributed by atoms with Gasteiger partial charge in [-0.2, -0.15) is 5.10 Å². The SMILES string of the molecule is O=C(c1ccc(Cl)cc1)[C@@H]1[C@@H]2C(=O)N(c3ccc(Cl)cc3)C(=O)[C@H]2[C@H]2c3ccccc3C=NN12. The number of imide groups is 1. The third kappa shape index (κ3) is 3.02. The summed E-state index contributed by atoms with van der Waals surface area (Å²) in [4.78, 5) is 42.5. The van der Waals surface area contributed by atoms with Crippen LogP contribution in [-0.4, -0.2) is 34.9 Å². The van der Waals surface area contributed by atoms with Gasteiger partial charge in [0.25, 0.3) is 0 Å². The number of nitrogens with zero attached hydrogens (tertiary/aromatic N) is 3. The Kier molecular flexibility index (Phi) is 4.83. The fraction of sp³-hybridized carbons (Fsp3) is 0.154. The van der Waals surface area contributed by atoms with Gasteiger partial charge in [-0.05, 0) is 59.7 Å². The van der Waals surface area contributed by atoms with Crippen LogP contribution in [-0.2, 0) is 9.59 Å². The molecule has 34 heavy (non-hydrogen) atoms. The molecule has 0 aromatic heterocycles. The number of hydrogen-bond acceptors (Lipinski definition) is 5. The first-order chi connectivity index (χ1) is 16.5. The predicted octanol–water partition coefficient (Wildman–Crippen LogP) is 4.75. The molecule has 8 heteroatoms. The Morgan fingerprint density at radius 2 is 1.41 bits per heavy atom. The van der Waals surface area contributed by atoms with Gasteiger partial charge in [0.15, 0.2) is 5.78 Å². The Hall–Kier alpha value is -3.48. The van der Waals surface area contributed by atoms with Crippen molar-refractivity contribution in [3.63, 3.8) is 0 Å². The third-order valence-corrected chi connectivity index (χ3v) is 7.28. The van der Waals surface area contributed by atoms with Crippen molar-refractivity contribution in [2.24, 2.45) is 16.9 Å². The molecular formula is C26H17Cl2N3O3. The van der Waals surface area contributed by atoms with E-state index in [1.165, 1.54) is 4.90 Å². The molecule has 0 spiro atoms. The van der Waals surface area contributed by atoms with Gasteiger partial charge >= 0.3 is 0 Å². The van der Waals surface area contributed by atoms with Crippen LogP contribution < -0.4 is 4.90 Å². The van der Waals surface area contributed by atoms with Crippen molar-refractivity contribution in [2.75, 3.05) is 4.90 Å². The van der Waals surface area contributed by atoms with E-state index in [0.29, 0.717) is 21.3 Å². The minimum absolute atomic E-state index is 0.273. The standard InChI is InChI=1S/C26H17Cl2N3O3/c27-16-7-5-14(6-8-16)24(32)23-21-20(22-19-4-2-1-3-15(19)13-29-31(22)23)25(33)30(26(21)34)18-11-9-17(28)10-12-18/h1-13,20-23H/t20-,21-,22-,23+/m1/s1. The summed E-state index contributed by atoms with van der Waals surface area (Å²) in [6.07, 6.45) is 1.68. The Morgan fingerprint density at radius 3 is 2.12 bits per heavy atom. The highest BCUT2D eigenvalue weighted by atomic mass is 35.5. The number of rotatable bonds is 3. The van der Waals surface area contributed by atoms with Gasteiger partial charge in [0.2, 0.25) is 11.8 Å². The topological polar surface area (TPSA) is 70.0 Å².